The van der Waals surface area contributed by atoms with Crippen molar-refractivity contribution in [1.29, 1.82) is 0 Å². The summed E-state index contributed by atoms with van der Waals surface area (Å²) in [7, 11) is 0. The second-order valence-corrected chi connectivity index (χ2v) is 7.89. The maximum atomic E-state index is 6.23. The molecule has 3 heteroatoms. The molecule has 2 aromatic carbocycles. The van der Waals surface area contributed by atoms with Crippen LogP contribution in [-0.2, 0) is 0 Å². The average molecular weight is 366 g/mol. The molecular weight excluding hydrogens is 344 g/mol. The summed E-state index contributed by atoms with van der Waals surface area (Å²) in [5, 5.41) is 4.49. The first-order valence-electron chi connectivity index (χ1n) is 9.71. The molecule has 0 spiro atoms. The highest BCUT2D eigenvalue weighted by Crippen LogP contribution is 2.38. The number of furan rings is 1. The van der Waals surface area contributed by atoms with Crippen molar-refractivity contribution in [3.63, 3.8) is 0 Å². The van der Waals surface area contributed by atoms with Gasteiger partial charge in [-0.05, 0) is 66.6 Å². The summed E-state index contributed by atoms with van der Waals surface area (Å²) in [4.78, 5) is 9.33. The molecule has 3 aromatic heterocycles. The Balaban J connectivity index is 1.85. The third-order valence-electron chi connectivity index (χ3n) is 5.43. The van der Waals surface area contributed by atoms with E-state index in [0.29, 0.717) is 11.6 Å². The number of aromatic nitrogens is 2. The summed E-state index contributed by atoms with van der Waals surface area (Å²) < 4.78 is 6.23. The van der Waals surface area contributed by atoms with Gasteiger partial charge in [0.2, 0.25) is 5.71 Å². The van der Waals surface area contributed by atoms with E-state index in [1.807, 2.05) is 19.2 Å². The summed E-state index contributed by atoms with van der Waals surface area (Å²) in [6, 6.07) is 17.2. The SMILES string of the molecule is Cc1cc(-c2nccc3cc(C(C)C)ccc23)c2oc3nc(C)ccc3c2c1. The number of pyridine rings is 2. The quantitative estimate of drug-likeness (QED) is 0.340. The maximum Gasteiger partial charge on any atom is 0.227 e. The van der Waals surface area contributed by atoms with Gasteiger partial charge in [-0.15, -0.1) is 0 Å². The third kappa shape index (κ3) is 2.58. The minimum absolute atomic E-state index is 0.497. The van der Waals surface area contributed by atoms with Crippen LogP contribution in [0.1, 0.15) is 36.6 Å². The van der Waals surface area contributed by atoms with E-state index >= 15 is 0 Å². The molecule has 138 valence electrons. The van der Waals surface area contributed by atoms with Gasteiger partial charge in [0.15, 0.2) is 0 Å². The number of benzene rings is 2. The Morgan fingerprint density at radius 3 is 2.50 bits per heavy atom. The minimum Gasteiger partial charge on any atom is -0.437 e. The smallest absolute Gasteiger partial charge is 0.227 e. The van der Waals surface area contributed by atoms with Crippen molar-refractivity contribution >= 4 is 32.8 Å². The Labute approximate surface area is 164 Å². The highest BCUT2D eigenvalue weighted by Gasteiger charge is 2.17. The molecule has 0 bridgehead atoms. The highest BCUT2D eigenvalue weighted by molar-refractivity contribution is 6.11. The van der Waals surface area contributed by atoms with Gasteiger partial charge in [0.1, 0.15) is 5.58 Å². The lowest BCUT2D eigenvalue weighted by atomic mass is 9.96. The number of rotatable bonds is 2. The van der Waals surface area contributed by atoms with Gasteiger partial charge in [0.25, 0.3) is 0 Å². The molecule has 3 nitrogen and oxygen atoms in total. The summed E-state index contributed by atoms with van der Waals surface area (Å²) in [5.74, 6) is 0.497. The molecule has 0 aliphatic carbocycles. The summed E-state index contributed by atoms with van der Waals surface area (Å²) >= 11 is 0. The van der Waals surface area contributed by atoms with Gasteiger partial charge in [-0.25, -0.2) is 4.98 Å². The van der Waals surface area contributed by atoms with Crippen LogP contribution in [0.2, 0.25) is 0 Å². The zero-order valence-corrected chi connectivity index (χ0v) is 16.6. The minimum atomic E-state index is 0.497. The fourth-order valence-electron chi connectivity index (χ4n) is 3.94. The average Bonchev–Trinajstić information content (AvgIpc) is 3.03. The molecule has 0 saturated heterocycles. The van der Waals surface area contributed by atoms with E-state index in [-0.39, 0.29) is 0 Å². The van der Waals surface area contributed by atoms with E-state index in [9.17, 15) is 0 Å². The fourth-order valence-corrected chi connectivity index (χ4v) is 3.94. The van der Waals surface area contributed by atoms with Crippen LogP contribution in [0.25, 0.3) is 44.1 Å². The van der Waals surface area contributed by atoms with Gasteiger partial charge in [0.05, 0.1) is 5.69 Å². The van der Waals surface area contributed by atoms with Crippen molar-refractivity contribution in [1.82, 2.24) is 9.97 Å². The molecule has 0 radical (unpaired) electrons. The number of hydrogen-bond donors (Lipinski definition) is 0. The molecule has 0 aliphatic heterocycles. The van der Waals surface area contributed by atoms with Crippen LogP contribution in [0.3, 0.4) is 0 Å². The van der Waals surface area contributed by atoms with Gasteiger partial charge in [-0.2, -0.15) is 0 Å². The zero-order chi connectivity index (χ0) is 19.4. The van der Waals surface area contributed by atoms with Crippen molar-refractivity contribution < 1.29 is 4.42 Å². The Morgan fingerprint density at radius 2 is 1.68 bits per heavy atom. The Morgan fingerprint density at radius 1 is 0.857 bits per heavy atom. The van der Waals surface area contributed by atoms with Gasteiger partial charge >= 0.3 is 0 Å². The molecule has 3 heterocycles. The Hall–Kier alpha value is -3.20. The maximum absolute atomic E-state index is 6.23. The molecule has 0 amide bonds. The molecule has 5 rings (SSSR count). The van der Waals surface area contributed by atoms with Crippen molar-refractivity contribution in [2.24, 2.45) is 0 Å². The second-order valence-electron chi connectivity index (χ2n) is 7.89. The van der Waals surface area contributed by atoms with Crippen molar-refractivity contribution in [3.8, 4) is 11.3 Å². The number of nitrogens with zero attached hydrogens (tertiary/aromatic N) is 2. The van der Waals surface area contributed by atoms with E-state index in [4.69, 9.17) is 9.40 Å². The summed E-state index contributed by atoms with van der Waals surface area (Å²) in [6.45, 7) is 8.54. The Kier molecular flexibility index (Phi) is 3.73. The van der Waals surface area contributed by atoms with Crippen LogP contribution < -0.4 is 0 Å². The van der Waals surface area contributed by atoms with Crippen molar-refractivity contribution in [3.05, 3.63) is 71.5 Å². The normalized spacial score (nSPS) is 11.9. The predicted octanol–water partition coefficient (Wildman–Crippen LogP) is 6.94. The number of fused-ring (bicyclic) bond motifs is 4. The van der Waals surface area contributed by atoms with Gasteiger partial charge in [0, 0.05) is 33.6 Å². The molecule has 0 N–H and O–H groups in total. The van der Waals surface area contributed by atoms with Crippen molar-refractivity contribution in [2.45, 2.75) is 33.6 Å². The van der Waals surface area contributed by atoms with Crippen LogP contribution in [-0.4, -0.2) is 9.97 Å². The van der Waals surface area contributed by atoms with Crippen LogP contribution in [0.5, 0.6) is 0 Å². The predicted molar refractivity (Wildman–Crippen MR) is 116 cm³/mol. The molecule has 0 saturated carbocycles. The summed E-state index contributed by atoms with van der Waals surface area (Å²) in [6.07, 6.45) is 1.89. The molecule has 0 fully saturated rings. The standard InChI is InChI=1S/C25H22N2O/c1-14(2)17-6-8-19-18(13-17)9-10-26-23(19)22-12-15(3)11-21-20-7-5-16(4)27-25(20)28-24(21)22/h5-14H,1-4H3. The largest absolute Gasteiger partial charge is 0.437 e. The van der Waals surface area contributed by atoms with E-state index in [1.54, 1.807) is 0 Å². The van der Waals surface area contributed by atoms with Gasteiger partial charge in [-0.1, -0.05) is 32.0 Å². The van der Waals surface area contributed by atoms with Gasteiger partial charge in [-0.3, -0.25) is 4.98 Å². The number of hydrogen-bond acceptors (Lipinski definition) is 3. The van der Waals surface area contributed by atoms with Crippen LogP contribution in [0.15, 0.2) is 59.1 Å². The van der Waals surface area contributed by atoms with E-state index < -0.39 is 0 Å². The monoisotopic (exact) mass is 366 g/mol. The molecule has 0 atom stereocenters. The molecule has 0 aliphatic rings. The lowest BCUT2D eigenvalue weighted by molar-refractivity contribution is 0.653. The number of aryl methyl sites for hydroxylation is 2. The first-order chi connectivity index (χ1) is 13.5. The Bertz CT molecular complexity index is 1360. The third-order valence-corrected chi connectivity index (χ3v) is 5.43. The topological polar surface area (TPSA) is 38.9 Å². The van der Waals surface area contributed by atoms with E-state index in [0.717, 1.165) is 38.7 Å². The first kappa shape index (κ1) is 16.9. The van der Waals surface area contributed by atoms with Crippen LogP contribution >= 0.6 is 0 Å². The zero-order valence-electron chi connectivity index (χ0n) is 16.6. The lowest BCUT2D eigenvalue weighted by Gasteiger charge is -2.11. The highest BCUT2D eigenvalue weighted by atomic mass is 16.3. The second kappa shape index (κ2) is 6.16. The van der Waals surface area contributed by atoms with Crippen LogP contribution in [0.4, 0.5) is 0 Å². The first-order valence-corrected chi connectivity index (χ1v) is 9.71. The fraction of sp³-hybridized carbons (Fsp3) is 0.200. The molecule has 28 heavy (non-hydrogen) atoms. The lowest BCUT2D eigenvalue weighted by Crippen LogP contribution is -1.91. The van der Waals surface area contributed by atoms with Crippen molar-refractivity contribution in [2.75, 3.05) is 0 Å². The molecule has 0 unspecified atom stereocenters. The molecule has 5 aromatic rings. The molecular formula is C25H22N2O. The van der Waals surface area contributed by atoms with Crippen LogP contribution in [0, 0.1) is 13.8 Å². The van der Waals surface area contributed by atoms with Gasteiger partial charge < -0.3 is 4.42 Å². The van der Waals surface area contributed by atoms with E-state index in [1.165, 1.54) is 16.5 Å². The van der Waals surface area contributed by atoms with E-state index in [2.05, 4.69) is 68.2 Å². The summed E-state index contributed by atoms with van der Waals surface area (Å²) in [5.41, 5.74) is 6.99.